The van der Waals surface area contributed by atoms with Gasteiger partial charge in [-0.2, -0.15) is 4.31 Å². The Morgan fingerprint density at radius 3 is 2.54 bits per heavy atom. The maximum Gasteiger partial charge on any atom is 0.291 e. The van der Waals surface area contributed by atoms with E-state index in [9.17, 15) is 22.8 Å². The van der Waals surface area contributed by atoms with Crippen molar-refractivity contribution in [2.45, 2.75) is 38.3 Å². The number of pyridine rings is 1. The van der Waals surface area contributed by atoms with E-state index in [1.165, 1.54) is 12.3 Å². The molecule has 3 aromatic rings. The van der Waals surface area contributed by atoms with Gasteiger partial charge in [-0.25, -0.2) is 13.4 Å². The molecular formula is C28H30N4O6S. The first-order chi connectivity index (χ1) is 18.5. The molecule has 2 amide bonds. The number of para-hydroxylation sites is 1. The Balaban J connectivity index is 1.52. The van der Waals surface area contributed by atoms with Gasteiger partial charge in [0, 0.05) is 23.7 Å². The summed E-state index contributed by atoms with van der Waals surface area (Å²) in [6.07, 6.45) is 2.97. The fourth-order valence-corrected chi connectivity index (χ4v) is 5.66. The first-order valence-electron chi connectivity index (χ1n) is 12.4. The molecule has 204 valence electrons. The highest BCUT2D eigenvalue weighted by Gasteiger charge is 2.35. The van der Waals surface area contributed by atoms with Gasteiger partial charge in [0.1, 0.15) is 11.3 Å². The second kappa shape index (κ2) is 11.3. The predicted molar refractivity (Wildman–Crippen MR) is 145 cm³/mol. The fourth-order valence-electron chi connectivity index (χ4n) is 4.30. The number of rotatable bonds is 7. The van der Waals surface area contributed by atoms with Crippen LogP contribution in [0.2, 0.25) is 0 Å². The second-order valence-corrected chi connectivity index (χ2v) is 11.6. The molecule has 1 aromatic carbocycles. The molecule has 1 aliphatic rings. The summed E-state index contributed by atoms with van der Waals surface area (Å²) >= 11 is 0. The summed E-state index contributed by atoms with van der Waals surface area (Å²) < 4.78 is 32.8. The topological polar surface area (TPSA) is 139 Å². The Morgan fingerprint density at radius 1 is 1.15 bits per heavy atom. The third-order valence-corrected chi connectivity index (χ3v) is 7.91. The Morgan fingerprint density at radius 2 is 1.87 bits per heavy atom. The zero-order valence-electron chi connectivity index (χ0n) is 21.9. The Hall–Kier alpha value is -4.09. The van der Waals surface area contributed by atoms with Gasteiger partial charge in [-0.15, -0.1) is 0 Å². The Bertz CT molecular complexity index is 1570. The molecule has 1 atom stereocenters. The number of carbonyl (C=O) groups is 3. The summed E-state index contributed by atoms with van der Waals surface area (Å²) in [5.41, 5.74) is 1.58. The predicted octanol–water partition coefficient (Wildman–Crippen LogP) is 3.11. The lowest BCUT2D eigenvalue weighted by atomic mass is 10.0. The van der Waals surface area contributed by atoms with Crippen LogP contribution in [0.4, 0.5) is 0 Å². The highest BCUT2D eigenvalue weighted by Crippen LogP contribution is 2.25. The second-order valence-electron chi connectivity index (χ2n) is 9.72. The molecule has 4 rings (SSSR count). The quantitative estimate of drug-likeness (QED) is 0.340. The van der Waals surface area contributed by atoms with Crippen molar-refractivity contribution in [2.75, 3.05) is 13.1 Å². The number of nitrogens with zero attached hydrogens (tertiary/aromatic N) is 2. The van der Waals surface area contributed by atoms with Gasteiger partial charge in [0.25, 0.3) is 21.8 Å². The van der Waals surface area contributed by atoms with E-state index in [-0.39, 0.29) is 35.4 Å². The first kappa shape index (κ1) is 27.9. The third-order valence-electron chi connectivity index (χ3n) is 6.20. The number of hydrogen-bond donors (Lipinski definition) is 2. The minimum Gasteiger partial charge on any atom is -0.451 e. The van der Waals surface area contributed by atoms with Crippen LogP contribution in [0.25, 0.3) is 11.0 Å². The van der Waals surface area contributed by atoms with Gasteiger partial charge in [-0.1, -0.05) is 56.3 Å². The maximum atomic E-state index is 13.3. The molecule has 0 bridgehead atoms. The van der Waals surface area contributed by atoms with Crippen LogP contribution in [0.1, 0.15) is 36.4 Å². The molecular weight excluding hydrogens is 520 g/mol. The first-order valence-corrected chi connectivity index (χ1v) is 13.8. The number of Topliss-reactive ketones (excluding diaryl/α,β-unsaturated/α-hetero) is 1. The molecule has 2 aromatic heterocycles. The molecule has 1 saturated heterocycles. The van der Waals surface area contributed by atoms with E-state index in [2.05, 4.69) is 22.2 Å². The number of furan rings is 1. The molecule has 0 radical (unpaired) electrons. The lowest BCUT2D eigenvalue weighted by molar-refractivity contribution is -0.125. The Kier molecular flexibility index (Phi) is 8.12. The molecule has 11 heteroatoms. The van der Waals surface area contributed by atoms with Gasteiger partial charge in [0.2, 0.25) is 0 Å². The van der Waals surface area contributed by atoms with E-state index in [4.69, 9.17) is 4.42 Å². The van der Waals surface area contributed by atoms with Crippen LogP contribution in [-0.4, -0.2) is 54.4 Å². The summed E-state index contributed by atoms with van der Waals surface area (Å²) in [7, 11) is -4.05. The van der Waals surface area contributed by atoms with Crippen LogP contribution in [0, 0.1) is 12.8 Å². The molecule has 3 heterocycles. The number of nitrogens with one attached hydrogen (secondary N) is 2. The number of aromatic nitrogens is 1. The van der Waals surface area contributed by atoms with Crippen LogP contribution in [0.3, 0.4) is 0 Å². The van der Waals surface area contributed by atoms with Gasteiger partial charge in [-0.3, -0.25) is 14.4 Å². The van der Waals surface area contributed by atoms with Crippen molar-refractivity contribution in [3.05, 3.63) is 83.9 Å². The molecule has 39 heavy (non-hydrogen) atoms. The number of amides is 2. The van der Waals surface area contributed by atoms with Crippen molar-refractivity contribution in [2.24, 2.45) is 5.92 Å². The van der Waals surface area contributed by atoms with E-state index < -0.39 is 40.2 Å². The van der Waals surface area contributed by atoms with Crippen molar-refractivity contribution in [3.8, 4) is 0 Å². The summed E-state index contributed by atoms with van der Waals surface area (Å²) in [6.45, 7) is 8.79. The number of fused-ring (bicyclic) bond motifs is 1. The molecule has 1 aliphatic heterocycles. The van der Waals surface area contributed by atoms with Gasteiger partial charge < -0.3 is 15.1 Å². The van der Waals surface area contributed by atoms with Crippen molar-refractivity contribution in [1.82, 2.24) is 19.9 Å². The summed E-state index contributed by atoms with van der Waals surface area (Å²) in [5, 5.41) is 5.88. The summed E-state index contributed by atoms with van der Waals surface area (Å²) in [4.78, 5) is 43.4. The standard InChI is InChI=1S/C28H30N4O6S/c1-17(2)13-22(31-28(35)26-19(4)20-9-5-6-10-24(20)38-26)27(34)30-21-14-18(3)15-32(16-23(21)33)39(36,37)25-11-7-8-12-29-25/h5-13,17,21H,3,14-16H2,1-2,4H3,(H,30,34)(H,31,35)/b22-13-/t21-/m0/s1. The van der Waals surface area contributed by atoms with Crippen LogP contribution in [-0.2, 0) is 19.6 Å². The highest BCUT2D eigenvalue weighted by molar-refractivity contribution is 7.89. The maximum absolute atomic E-state index is 13.3. The number of hydrogen-bond acceptors (Lipinski definition) is 7. The van der Waals surface area contributed by atoms with Crippen LogP contribution in [0.5, 0.6) is 0 Å². The van der Waals surface area contributed by atoms with Gasteiger partial charge in [0.05, 0.1) is 12.6 Å². The lowest BCUT2D eigenvalue weighted by Gasteiger charge is -2.19. The van der Waals surface area contributed by atoms with E-state index >= 15 is 0 Å². The number of ketones is 1. The van der Waals surface area contributed by atoms with Crippen molar-refractivity contribution in [3.63, 3.8) is 0 Å². The number of allylic oxidation sites excluding steroid dienone is 1. The van der Waals surface area contributed by atoms with Crippen molar-refractivity contribution >= 4 is 38.6 Å². The smallest absolute Gasteiger partial charge is 0.291 e. The lowest BCUT2D eigenvalue weighted by Crippen LogP contribution is -2.46. The van der Waals surface area contributed by atoms with Gasteiger partial charge in [0.15, 0.2) is 16.6 Å². The minimum absolute atomic E-state index is 0.0459. The third kappa shape index (κ3) is 6.15. The zero-order valence-corrected chi connectivity index (χ0v) is 22.7. The molecule has 0 saturated carbocycles. The zero-order chi connectivity index (χ0) is 28.3. The van der Waals surface area contributed by atoms with E-state index in [1.807, 2.05) is 26.0 Å². The van der Waals surface area contributed by atoms with Crippen molar-refractivity contribution in [1.29, 1.82) is 0 Å². The van der Waals surface area contributed by atoms with E-state index in [1.54, 1.807) is 37.3 Å². The molecule has 10 nitrogen and oxygen atoms in total. The number of benzene rings is 1. The van der Waals surface area contributed by atoms with E-state index in [0.717, 1.165) is 9.69 Å². The number of carbonyl (C=O) groups excluding carboxylic acids is 3. The van der Waals surface area contributed by atoms with Crippen LogP contribution in [0.15, 0.2) is 82.0 Å². The average molecular weight is 551 g/mol. The largest absolute Gasteiger partial charge is 0.451 e. The van der Waals surface area contributed by atoms with Crippen molar-refractivity contribution < 1.29 is 27.2 Å². The molecule has 0 unspecified atom stereocenters. The molecule has 1 fully saturated rings. The SMILES string of the molecule is C=C1C[C@H](NC(=O)/C(=C/C(C)C)NC(=O)c2oc3ccccc3c2C)C(=O)CN(S(=O)(=O)c2ccccn2)C1. The molecule has 0 aliphatic carbocycles. The summed E-state index contributed by atoms with van der Waals surface area (Å²) in [6, 6.07) is 10.7. The Labute approximate surface area is 226 Å². The minimum atomic E-state index is -4.05. The fraction of sp³-hybridized carbons (Fsp3) is 0.286. The molecule has 0 spiro atoms. The normalized spacial score (nSPS) is 17.3. The van der Waals surface area contributed by atoms with Crippen LogP contribution >= 0.6 is 0 Å². The van der Waals surface area contributed by atoms with Gasteiger partial charge >= 0.3 is 0 Å². The monoisotopic (exact) mass is 550 g/mol. The van der Waals surface area contributed by atoms with E-state index in [0.29, 0.717) is 16.7 Å². The molecule has 2 N–H and O–H groups in total. The number of aryl methyl sites for hydroxylation is 1. The average Bonchev–Trinajstić information content (AvgIpc) is 3.16. The number of sulfonamides is 1. The summed E-state index contributed by atoms with van der Waals surface area (Å²) in [5.74, 6) is -1.83. The van der Waals surface area contributed by atoms with Gasteiger partial charge in [-0.05, 0) is 37.5 Å². The van der Waals surface area contributed by atoms with Crippen LogP contribution < -0.4 is 10.6 Å². The highest BCUT2D eigenvalue weighted by atomic mass is 32.2.